The molecule has 0 nitrogen and oxygen atoms in total. The van der Waals surface area contributed by atoms with Crippen molar-refractivity contribution in [3.05, 3.63) is 0 Å². The van der Waals surface area contributed by atoms with E-state index >= 15 is 0 Å². The van der Waals surface area contributed by atoms with Gasteiger partial charge in [0, 0.05) is 68.3 Å². The van der Waals surface area contributed by atoms with E-state index in [0.29, 0.717) is 0 Å². The molecule has 20 heavy (non-hydrogen) atoms. The van der Waals surface area contributed by atoms with E-state index in [2.05, 4.69) is 0 Å². The van der Waals surface area contributed by atoms with Crippen molar-refractivity contribution in [3.63, 3.8) is 0 Å². The molecule has 0 spiro atoms. The zero-order chi connectivity index (χ0) is 0. The Morgan fingerprint density at radius 3 is 0.150 bits per heavy atom. The minimum atomic E-state index is 0. The normalized spacial score (nSPS) is 0. The van der Waals surface area contributed by atoms with Crippen LogP contribution < -0.4 is 473 Å². The van der Waals surface area contributed by atoms with Gasteiger partial charge in [0.2, 0.25) is 0 Å². The molecule has 0 aliphatic heterocycles. The predicted molar refractivity (Wildman–Crippen MR) is 17.8 cm³/mol. The number of rotatable bonds is 0. The predicted octanol–water partition coefficient (Wildman–Crippen LogP) is -46.1. The van der Waals surface area contributed by atoms with Gasteiger partial charge >= 0.3 is 473 Å². The monoisotopic (exact) mass is 636 g/mol. The van der Waals surface area contributed by atoms with E-state index in [1.54, 1.807) is 0 Å². The van der Waals surface area contributed by atoms with Crippen molar-refractivity contribution in [2.45, 2.75) is 0 Å². The molecule has 0 amide bonds. The fourth-order valence-electron chi connectivity index (χ4n) is 0. The number of hydrogen-bond acceptors (Lipinski definition) is 0. The molecule has 0 aromatic rings. The molecule has 0 rings (SSSR count). The van der Waals surface area contributed by atoms with Crippen molar-refractivity contribution in [2.75, 3.05) is 0 Å². The smallest absolute Gasteiger partial charge is 1.00 e. The molecule has 0 fully saturated rings. The van der Waals surface area contributed by atoms with Gasteiger partial charge in [-0.05, 0) is 0 Å². The van der Waals surface area contributed by atoms with Crippen molar-refractivity contribution in [3.8, 4) is 0 Å². The van der Waals surface area contributed by atoms with Gasteiger partial charge in [0.25, 0.3) is 0 Å². The fraction of sp³-hybridized carbons (Fsp3) is 0. The molecule has 0 N–H and O–H groups in total. The van der Waals surface area contributed by atoms with E-state index in [4.69, 9.17) is 0 Å². The van der Waals surface area contributed by atoms with E-state index in [-0.39, 0.29) is 564 Å². The third-order valence-electron chi connectivity index (χ3n) is 0. The molecule has 0 unspecified atom stereocenters. The van der Waals surface area contributed by atoms with Gasteiger partial charge in [-0.15, -0.1) is 0 Å². The molecule has 0 aliphatic carbocycles. The number of hydrogen-bond donors (Lipinski definition) is 0. The van der Waals surface area contributed by atoms with Crippen molar-refractivity contribution in [1.29, 1.82) is 0 Å². The summed E-state index contributed by atoms with van der Waals surface area (Å²) in [5.41, 5.74) is 0. The SMILES string of the molecule is [Cu].[Cu].[Cu].[Cu].[H-].[H-].[H-].[H-].[H-].[H-].[H-].[H-].[H-].[H-].[H-].[H-].[H-].[H-].[H-].[H-].[Na+].[Na+].[Na+].[Na+].[Na+].[Na+].[Na+].[Na+].[Na+].[Na+].[Na+].[Na+].[Na+].[Na+].[Na+].[Na+]. The third-order valence-corrected chi connectivity index (χ3v) is 0. The van der Waals surface area contributed by atoms with Crippen LogP contribution in [0.3, 0.4) is 0 Å². The van der Waals surface area contributed by atoms with Gasteiger partial charge < -0.3 is 22.8 Å². The van der Waals surface area contributed by atoms with Crippen LogP contribution in [0.4, 0.5) is 0 Å². The first-order valence-corrected chi connectivity index (χ1v) is 0. The minimum absolute atomic E-state index is 0. The van der Waals surface area contributed by atoms with E-state index in [1.165, 1.54) is 0 Å². The van der Waals surface area contributed by atoms with E-state index < -0.39 is 0 Å². The van der Waals surface area contributed by atoms with Gasteiger partial charge in [0.05, 0.1) is 0 Å². The quantitative estimate of drug-likeness (QED) is 0.232. The summed E-state index contributed by atoms with van der Waals surface area (Å²) >= 11 is 0. The topological polar surface area (TPSA) is 0 Å². The molecule has 0 saturated heterocycles. The summed E-state index contributed by atoms with van der Waals surface area (Å²) in [6, 6.07) is 0. The molecular formula is H16Cu4Na16. The molecule has 0 aromatic heterocycles. The summed E-state index contributed by atoms with van der Waals surface area (Å²) in [4.78, 5) is 0. The Bertz CT molecular complexity index is 50.1. The summed E-state index contributed by atoms with van der Waals surface area (Å²) in [6.07, 6.45) is 0. The van der Waals surface area contributed by atoms with Crippen LogP contribution in [-0.2, 0) is 68.3 Å². The molecule has 0 bridgehead atoms. The Balaban J connectivity index is 0. The van der Waals surface area contributed by atoms with Gasteiger partial charge in [0.1, 0.15) is 0 Å². The molecule has 76 valence electrons. The summed E-state index contributed by atoms with van der Waals surface area (Å²) in [6.45, 7) is 0. The fourth-order valence-corrected chi connectivity index (χ4v) is 0. The van der Waals surface area contributed by atoms with Gasteiger partial charge in [-0.2, -0.15) is 0 Å². The molecule has 4 radical (unpaired) electrons. The van der Waals surface area contributed by atoms with Crippen molar-refractivity contribution in [1.82, 2.24) is 0 Å². The standard InChI is InChI=1S/4Cu.16Na.16H/q;;;;16*+1;16*-1. The molecule has 20 heteroatoms. The Labute approximate surface area is 546 Å². The third kappa shape index (κ3) is 136. The molecule has 0 heterocycles. The second kappa shape index (κ2) is 148. The molecule has 0 aliphatic rings. The maximum Gasteiger partial charge on any atom is 1.00 e. The van der Waals surface area contributed by atoms with E-state index in [9.17, 15) is 0 Å². The van der Waals surface area contributed by atoms with Crippen molar-refractivity contribution in [2.24, 2.45) is 0 Å². The summed E-state index contributed by atoms with van der Waals surface area (Å²) in [7, 11) is 0. The van der Waals surface area contributed by atoms with Gasteiger partial charge in [0.15, 0.2) is 0 Å². The van der Waals surface area contributed by atoms with E-state index in [0.717, 1.165) is 0 Å². The van der Waals surface area contributed by atoms with Crippen LogP contribution in [0.1, 0.15) is 22.8 Å². The second-order valence-electron chi connectivity index (χ2n) is 0. The largest absolute Gasteiger partial charge is 1.00 e. The Morgan fingerprint density at radius 2 is 0.150 bits per heavy atom. The first-order chi connectivity index (χ1) is 0. The van der Waals surface area contributed by atoms with Crippen LogP contribution in [0.2, 0.25) is 0 Å². The van der Waals surface area contributed by atoms with Crippen LogP contribution in [0.5, 0.6) is 0 Å². The second-order valence-corrected chi connectivity index (χ2v) is 0. The summed E-state index contributed by atoms with van der Waals surface area (Å²) in [5, 5.41) is 0. The van der Waals surface area contributed by atoms with Gasteiger partial charge in [-0.1, -0.05) is 0 Å². The van der Waals surface area contributed by atoms with Crippen LogP contribution in [0, 0.1) is 0 Å². The zero-order valence-electron chi connectivity index (χ0n) is 33.2. The molecular weight excluding hydrogens is 622 g/mol. The summed E-state index contributed by atoms with van der Waals surface area (Å²) < 4.78 is 0. The van der Waals surface area contributed by atoms with Crippen LogP contribution in [0.25, 0.3) is 0 Å². The minimum Gasteiger partial charge on any atom is -1.00 e. The van der Waals surface area contributed by atoms with Crippen molar-refractivity contribution < 1.29 is 564 Å². The maximum atomic E-state index is 0. The molecule has 0 atom stereocenters. The first kappa shape index (κ1) is 160. The van der Waals surface area contributed by atoms with Crippen LogP contribution in [-0.4, -0.2) is 0 Å². The Kier molecular flexibility index (Phi) is 1180. The Morgan fingerprint density at radius 1 is 0.150 bits per heavy atom. The molecule has 0 saturated carbocycles. The van der Waals surface area contributed by atoms with Gasteiger partial charge in [-0.3, -0.25) is 0 Å². The van der Waals surface area contributed by atoms with Gasteiger partial charge in [-0.25, -0.2) is 0 Å². The molecule has 0 aromatic carbocycles. The zero-order valence-corrected chi connectivity index (χ0v) is 53.0. The average Bonchev–Trinajstić information content (AvgIpc) is 0. The Hall–Kier alpha value is 18.1. The van der Waals surface area contributed by atoms with E-state index in [1.807, 2.05) is 0 Å². The van der Waals surface area contributed by atoms with Crippen LogP contribution >= 0.6 is 0 Å². The summed E-state index contributed by atoms with van der Waals surface area (Å²) in [5.74, 6) is 0. The van der Waals surface area contributed by atoms with Crippen LogP contribution in [0.15, 0.2) is 0 Å². The van der Waals surface area contributed by atoms with Crippen molar-refractivity contribution >= 4 is 0 Å². The average molecular weight is 638 g/mol. The first-order valence-electron chi connectivity index (χ1n) is 0. The maximum absolute atomic E-state index is 0.